The number of hydrogen-bond donors (Lipinski definition) is 1. The summed E-state index contributed by atoms with van der Waals surface area (Å²) in [6.07, 6.45) is -1.20. The lowest BCUT2D eigenvalue weighted by Gasteiger charge is -2.36. The number of halogens is 3. The van der Waals surface area contributed by atoms with Gasteiger partial charge in [-0.25, -0.2) is 0 Å². The molecule has 1 aromatic heterocycles. The average molecular weight is 516 g/mol. The minimum absolute atomic E-state index is 0.00807. The molecule has 2 unspecified atom stereocenters. The van der Waals surface area contributed by atoms with Gasteiger partial charge in [0.05, 0.1) is 40.0 Å². The van der Waals surface area contributed by atoms with E-state index >= 15 is 0 Å². The zero-order valence-electron chi connectivity index (χ0n) is 22.0. The zero-order valence-corrected chi connectivity index (χ0v) is 22.0. The Morgan fingerprint density at radius 1 is 1.19 bits per heavy atom. The van der Waals surface area contributed by atoms with Crippen molar-refractivity contribution < 1.29 is 32.6 Å². The number of aliphatic hydroxyl groups excluding tert-OH is 1. The third kappa shape index (κ3) is 4.02. The predicted octanol–water partition coefficient (Wildman–Crippen LogP) is 5.94. The summed E-state index contributed by atoms with van der Waals surface area (Å²) in [6, 6.07) is 5.44. The first-order valence-corrected chi connectivity index (χ1v) is 13.0. The van der Waals surface area contributed by atoms with Crippen LogP contribution in [0.2, 0.25) is 0 Å². The molecule has 0 bridgehead atoms. The maximum Gasteiger partial charge on any atom is 0.417 e. The molecule has 198 valence electrons. The number of nitrogens with zero attached hydrogens (tertiary/aromatic N) is 2. The number of fused-ring (bicyclic) bond motifs is 4. The number of ether oxygens (including phenoxy) is 1. The summed E-state index contributed by atoms with van der Waals surface area (Å²) in [5, 5.41) is 21.1. The van der Waals surface area contributed by atoms with E-state index in [0.717, 1.165) is 66.2 Å². The van der Waals surface area contributed by atoms with E-state index in [1.54, 1.807) is 13.2 Å². The van der Waals surface area contributed by atoms with E-state index in [1.165, 1.54) is 12.1 Å². The lowest BCUT2D eigenvalue weighted by molar-refractivity contribution is -0.897. The Balaban J connectivity index is 1.83. The first-order valence-electron chi connectivity index (χ1n) is 13.0. The highest BCUT2D eigenvalue weighted by Gasteiger charge is 2.56. The minimum Gasteiger partial charge on any atom is -0.388 e. The van der Waals surface area contributed by atoms with Gasteiger partial charge in [0.2, 0.25) is 11.4 Å². The van der Waals surface area contributed by atoms with Crippen LogP contribution in [-0.4, -0.2) is 12.2 Å². The maximum atomic E-state index is 13.6. The lowest BCUT2D eigenvalue weighted by atomic mass is 9.70. The van der Waals surface area contributed by atoms with E-state index in [0.29, 0.717) is 12.0 Å². The molecule has 1 aliphatic heterocycles. The van der Waals surface area contributed by atoms with Crippen LogP contribution >= 0.6 is 0 Å². The quantitative estimate of drug-likeness (QED) is 0.514. The third-order valence-corrected chi connectivity index (χ3v) is 8.29. The number of alkyl halides is 3. The Kier molecular flexibility index (Phi) is 6.12. The van der Waals surface area contributed by atoms with Crippen molar-refractivity contribution in [2.24, 2.45) is 5.41 Å². The molecule has 3 aliphatic rings. The summed E-state index contributed by atoms with van der Waals surface area (Å²) < 4.78 is 49.4. The van der Waals surface area contributed by atoms with Crippen LogP contribution in [0.15, 0.2) is 18.2 Å². The Morgan fingerprint density at radius 3 is 2.43 bits per heavy atom. The molecule has 1 fully saturated rings. The Morgan fingerprint density at radius 2 is 1.86 bits per heavy atom. The van der Waals surface area contributed by atoms with E-state index in [2.05, 4.69) is 27.7 Å². The zero-order chi connectivity index (χ0) is 26.9. The molecule has 2 heterocycles. The Hall–Kier alpha value is -2.63. The number of hydrogen-bond acceptors (Lipinski definition) is 4. The number of aromatic nitrogens is 1. The van der Waals surface area contributed by atoms with Crippen LogP contribution in [-0.2, 0) is 22.9 Å². The van der Waals surface area contributed by atoms with Gasteiger partial charge in [-0.3, -0.25) is 4.84 Å². The molecule has 1 spiro atoms. The summed E-state index contributed by atoms with van der Waals surface area (Å²) in [5.74, 6) is 0.00807. The summed E-state index contributed by atoms with van der Waals surface area (Å²) in [4.78, 5) is 5.96. The molecule has 1 aromatic carbocycles. The van der Waals surface area contributed by atoms with Crippen molar-refractivity contribution in [3.8, 4) is 6.07 Å². The number of benzene rings is 1. The SMILES string of the molecule is CO[n+]1c2c(c3c(c1C(C)C)C(c1ccc(C(F)(F)F)c(C#N)c1)OC31CCCC1)C(O)CC(C)(C)C2. The van der Waals surface area contributed by atoms with Crippen molar-refractivity contribution in [2.45, 2.75) is 96.1 Å². The molecule has 2 aliphatic carbocycles. The van der Waals surface area contributed by atoms with E-state index in [-0.39, 0.29) is 11.3 Å². The summed E-state index contributed by atoms with van der Waals surface area (Å²) in [5.41, 5.74) is 2.90. The largest absolute Gasteiger partial charge is 0.417 e. The van der Waals surface area contributed by atoms with Crippen molar-refractivity contribution in [3.63, 3.8) is 0 Å². The monoisotopic (exact) mass is 515 g/mol. The summed E-state index contributed by atoms with van der Waals surface area (Å²) in [7, 11) is 1.61. The average Bonchev–Trinajstić information content (AvgIpc) is 3.41. The van der Waals surface area contributed by atoms with Gasteiger partial charge in [0.15, 0.2) is 0 Å². The highest BCUT2D eigenvalue weighted by atomic mass is 19.4. The van der Waals surface area contributed by atoms with E-state index in [9.17, 15) is 23.5 Å². The van der Waals surface area contributed by atoms with Crippen LogP contribution in [0, 0.1) is 16.7 Å². The number of nitriles is 1. The van der Waals surface area contributed by atoms with Gasteiger partial charge >= 0.3 is 6.18 Å². The van der Waals surface area contributed by atoms with Gasteiger partial charge in [-0.15, -0.1) is 0 Å². The van der Waals surface area contributed by atoms with Crippen LogP contribution in [0.5, 0.6) is 0 Å². The minimum atomic E-state index is -4.62. The fraction of sp³-hybridized carbons (Fsp3) is 0.586. The highest BCUT2D eigenvalue weighted by molar-refractivity contribution is 5.54. The number of pyridine rings is 1. The van der Waals surface area contributed by atoms with E-state index in [4.69, 9.17) is 9.57 Å². The normalized spacial score (nSPS) is 23.7. The van der Waals surface area contributed by atoms with Gasteiger partial charge in [0.25, 0.3) is 0 Å². The fourth-order valence-corrected chi connectivity index (χ4v) is 6.93. The molecule has 1 N–H and O–H groups in total. The predicted molar refractivity (Wildman–Crippen MR) is 130 cm³/mol. The number of aliphatic hydroxyl groups is 1. The second kappa shape index (κ2) is 8.71. The Bertz CT molecular complexity index is 1290. The summed E-state index contributed by atoms with van der Waals surface area (Å²) in [6.45, 7) is 8.40. The van der Waals surface area contributed by atoms with Crippen LogP contribution in [0.1, 0.15) is 123 Å². The lowest BCUT2D eigenvalue weighted by Crippen LogP contribution is -2.53. The topological polar surface area (TPSA) is 66.4 Å². The van der Waals surface area contributed by atoms with Crippen LogP contribution in [0.4, 0.5) is 13.2 Å². The van der Waals surface area contributed by atoms with Crippen molar-refractivity contribution in [3.05, 3.63) is 63.0 Å². The second-order valence-corrected chi connectivity index (χ2v) is 11.8. The molecule has 0 saturated heterocycles. The maximum absolute atomic E-state index is 13.6. The molecule has 1 saturated carbocycles. The van der Waals surface area contributed by atoms with E-state index in [1.807, 2.05) is 4.73 Å². The molecule has 2 atom stereocenters. The number of rotatable bonds is 3. The Labute approximate surface area is 215 Å². The molecular formula is C29H34F3N2O3+. The van der Waals surface area contributed by atoms with E-state index < -0.39 is 35.1 Å². The van der Waals surface area contributed by atoms with Crippen molar-refractivity contribution in [2.75, 3.05) is 7.11 Å². The van der Waals surface area contributed by atoms with Gasteiger partial charge in [-0.2, -0.15) is 18.4 Å². The fourth-order valence-electron chi connectivity index (χ4n) is 6.93. The standard InChI is InChI=1S/C29H34F3N2O3/c1-16(2)25-23-24(22-20(34(25)36-5)13-27(3,4)14-21(22)35)28(10-6-7-11-28)37-26(23)17-8-9-19(29(30,31)32)18(12-17)15-33/h8-9,12,16,21,26,35H,6-7,10-11,13-14H2,1-5H3/q+1. The molecule has 0 radical (unpaired) electrons. The molecule has 0 amide bonds. The first-order chi connectivity index (χ1) is 17.3. The van der Waals surface area contributed by atoms with Crippen molar-refractivity contribution in [1.82, 2.24) is 0 Å². The van der Waals surface area contributed by atoms with Crippen LogP contribution in [0.3, 0.4) is 0 Å². The smallest absolute Gasteiger partial charge is 0.388 e. The highest BCUT2D eigenvalue weighted by Crippen LogP contribution is 2.59. The van der Waals surface area contributed by atoms with Gasteiger partial charge < -0.3 is 9.84 Å². The van der Waals surface area contributed by atoms with Crippen molar-refractivity contribution in [1.29, 1.82) is 5.26 Å². The third-order valence-electron chi connectivity index (χ3n) is 8.29. The summed E-state index contributed by atoms with van der Waals surface area (Å²) >= 11 is 0. The molecule has 5 rings (SSSR count). The molecule has 37 heavy (non-hydrogen) atoms. The van der Waals surface area contributed by atoms with Gasteiger partial charge in [-0.1, -0.05) is 46.6 Å². The molecule has 5 nitrogen and oxygen atoms in total. The van der Waals surface area contributed by atoms with Gasteiger partial charge in [0.1, 0.15) is 13.2 Å². The van der Waals surface area contributed by atoms with Crippen LogP contribution < -0.4 is 9.57 Å². The second-order valence-electron chi connectivity index (χ2n) is 11.8. The molecule has 2 aromatic rings. The van der Waals surface area contributed by atoms with Crippen LogP contribution in [0.25, 0.3) is 0 Å². The molecular weight excluding hydrogens is 481 g/mol. The first kappa shape index (κ1) is 26.0. The van der Waals surface area contributed by atoms with Gasteiger partial charge in [0, 0.05) is 22.6 Å². The van der Waals surface area contributed by atoms with Gasteiger partial charge in [-0.05, 0) is 42.4 Å². The van der Waals surface area contributed by atoms with Crippen molar-refractivity contribution >= 4 is 0 Å². The molecule has 8 heteroatoms.